The summed E-state index contributed by atoms with van der Waals surface area (Å²) in [6.45, 7) is 0.491. The average Bonchev–Trinajstić information content (AvgIpc) is 3.08. The lowest BCUT2D eigenvalue weighted by molar-refractivity contribution is -0.122. The Morgan fingerprint density at radius 3 is 2.65 bits per heavy atom. The summed E-state index contributed by atoms with van der Waals surface area (Å²) in [6, 6.07) is 9.92. The van der Waals surface area contributed by atoms with Gasteiger partial charge < -0.3 is 19.9 Å². The number of aromatic hydroxyl groups is 1. The summed E-state index contributed by atoms with van der Waals surface area (Å²) in [5.41, 5.74) is 1.10. The molecule has 1 aliphatic heterocycles. The maximum absolute atomic E-state index is 12.8. The fourth-order valence-corrected chi connectivity index (χ4v) is 4.82. The molecule has 0 radical (unpaired) electrons. The smallest absolute Gasteiger partial charge is 0.266 e. The molecule has 0 aromatic heterocycles. The number of benzene rings is 2. The number of hydrogen-bond acceptors (Lipinski definition) is 7. The van der Waals surface area contributed by atoms with E-state index in [-0.39, 0.29) is 23.3 Å². The molecule has 1 saturated heterocycles. The van der Waals surface area contributed by atoms with Gasteiger partial charge in [-0.1, -0.05) is 48.1 Å². The minimum absolute atomic E-state index is 0.0340. The first kappa shape index (κ1) is 25.9. The summed E-state index contributed by atoms with van der Waals surface area (Å²) in [5, 5.41) is 12.9. The molecule has 2 amide bonds. The van der Waals surface area contributed by atoms with E-state index in [1.54, 1.807) is 43.4 Å². The molecule has 3 rings (SSSR count). The van der Waals surface area contributed by atoms with Crippen LogP contribution >= 0.6 is 35.6 Å². The van der Waals surface area contributed by atoms with Crippen molar-refractivity contribution in [2.75, 3.05) is 26.1 Å². The van der Waals surface area contributed by atoms with Gasteiger partial charge >= 0.3 is 0 Å². The van der Waals surface area contributed by atoms with E-state index in [9.17, 15) is 14.7 Å². The summed E-state index contributed by atoms with van der Waals surface area (Å²) in [4.78, 5) is 27.1. The normalized spacial score (nSPS) is 14.6. The summed E-state index contributed by atoms with van der Waals surface area (Å²) < 4.78 is 11.1. The van der Waals surface area contributed by atoms with Gasteiger partial charge in [0, 0.05) is 18.0 Å². The number of hydrogen-bond donors (Lipinski definition) is 2. The van der Waals surface area contributed by atoms with Gasteiger partial charge in [0.2, 0.25) is 5.91 Å². The summed E-state index contributed by atoms with van der Waals surface area (Å²) >= 11 is 12.6. The zero-order valence-corrected chi connectivity index (χ0v) is 21.2. The zero-order valence-electron chi connectivity index (χ0n) is 18.8. The summed E-state index contributed by atoms with van der Waals surface area (Å²) in [7, 11) is 3.13. The van der Waals surface area contributed by atoms with Crippen molar-refractivity contribution in [3.8, 4) is 17.2 Å². The van der Waals surface area contributed by atoms with Crippen LogP contribution in [0.3, 0.4) is 0 Å². The summed E-state index contributed by atoms with van der Waals surface area (Å²) in [6.07, 6.45) is 4.19. The highest BCUT2D eigenvalue weighted by Crippen LogP contribution is 2.35. The van der Waals surface area contributed by atoms with Crippen molar-refractivity contribution in [2.24, 2.45) is 0 Å². The third-order valence-electron chi connectivity index (χ3n) is 5.10. The largest absolute Gasteiger partial charge is 0.506 e. The maximum atomic E-state index is 12.8. The predicted octanol–water partition coefficient (Wildman–Crippen LogP) is 5.46. The van der Waals surface area contributed by atoms with E-state index in [0.29, 0.717) is 51.6 Å². The van der Waals surface area contributed by atoms with Crippen LogP contribution in [0.1, 0.15) is 31.2 Å². The summed E-state index contributed by atoms with van der Waals surface area (Å²) in [5.74, 6) is 0.833. The number of halogens is 1. The van der Waals surface area contributed by atoms with Crippen LogP contribution in [-0.2, 0) is 9.59 Å². The number of methoxy groups -OCH3 is 2. The van der Waals surface area contributed by atoms with E-state index in [4.69, 9.17) is 33.3 Å². The number of anilines is 1. The van der Waals surface area contributed by atoms with Gasteiger partial charge in [-0.2, -0.15) is 0 Å². The Morgan fingerprint density at radius 1 is 1.15 bits per heavy atom. The SMILES string of the molecule is COc1ccc(/C=C2\SC(=S)N(CCCCCC(=O)Nc3cc(Cl)ccc3O)C2=O)cc1OC. The quantitative estimate of drug-likeness (QED) is 0.186. The van der Waals surface area contributed by atoms with E-state index in [2.05, 4.69) is 5.32 Å². The standard InChI is InChI=1S/C24H25ClN2O5S2/c1-31-19-10-7-15(12-20(19)32-2)13-21-23(30)27(24(33)34-21)11-5-3-4-6-22(29)26-17-14-16(25)8-9-18(17)28/h7-10,12-14,28H,3-6,11H2,1-2H3,(H,26,29)/b21-13-. The number of amides is 2. The number of thioether (sulfide) groups is 1. The highest BCUT2D eigenvalue weighted by molar-refractivity contribution is 8.26. The van der Waals surface area contributed by atoms with Crippen LogP contribution in [-0.4, -0.2) is 46.9 Å². The second-order valence-corrected chi connectivity index (χ2v) is 9.58. The third kappa shape index (κ3) is 6.65. The van der Waals surface area contributed by atoms with Crippen molar-refractivity contribution in [3.63, 3.8) is 0 Å². The number of nitrogens with one attached hydrogen (secondary N) is 1. The molecule has 34 heavy (non-hydrogen) atoms. The van der Waals surface area contributed by atoms with Crippen LogP contribution in [0.2, 0.25) is 5.02 Å². The van der Waals surface area contributed by atoms with Gasteiger partial charge in [0.15, 0.2) is 11.5 Å². The van der Waals surface area contributed by atoms with Crippen LogP contribution in [0.5, 0.6) is 17.2 Å². The molecular weight excluding hydrogens is 496 g/mol. The fraction of sp³-hybridized carbons (Fsp3) is 0.292. The topological polar surface area (TPSA) is 88.1 Å². The molecule has 0 spiro atoms. The number of carbonyl (C=O) groups excluding carboxylic acids is 2. The molecule has 0 aliphatic carbocycles. The van der Waals surface area contributed by atoms with Crippen LogP contribution in [0, 0.1) is 0 Å². The number of ether oxygens (including phenoxy) is 2. The van der Waals surface area contributed by atoms with Crippen molar-refractivity contribution in [1.82, 2.24) is 4.90 Å². The zero-order chi connectivity index (χ0) is 24.7. The Bertz CT molecular complexity index is 1120. The van der Waals surface area contributed by atoms with Crippen molar-refractivity contribution in [3.05, 3.63) is 51.9 Å². The fourth-order valence-electron chi connectivity index (χ4n) is 3.34. The van der Waals surface area contributed by atoms with Gasteiger partial charge in [-0.25, -0.2) is 0 Å². The van der Waals surface area contributed by atoms with Gasteiger partial charge in [0.05, 0.1) is 24.8 Å². The molecule has 2 aromatic carbocycles. The molecule has 0 bridgehead atoms. The first-order valence-electron chi connectivity index (χ1n) is 10.6. The highest BCUT2D eigenvalue weighted by Gasteiger charge is 2.31. The van der Waals surface area contributed by atoms with E-state index in [0.717, 1.165) is 12.0 Å². The lowest BCUT2D eigenvalue weighted by atomic mass is 10.1. The molecule has 0 unspecified atom stereocenters. The lowest BCUT2D eigenvalue weighted by Crippen LogP contribution is -2.29. The van der Waals surface area contributed by atoms with Crippen molar-refractivity contribution in [2.45, 2.75) is 25.7 Å². The van der Waals surface area contributed by atoms with Crippen molar-refractivity contribution in [1.29, 1.82) is 0 Å². The molecule has 0 atom stereocenters. The molecule has 2 aromatic rings. The van der Waals surface area contributed by atoms with Crippen LogP contribution < -0.4 is 14.8 Å². The van der Waals surface area contributed by atoms with Gasteiger partial charge in [0.1, 0.15) is 10.1 Å². The number of nitrogens with zero attached hydrogens (tertiary/aromatic N) is 1. The molecule has 0 saturated carbocycles. The molecule has 7 nitrogen and oxygen atoms in total. The van der Waals surface area contributed by atoms with Gasteiger partial charge in [-0.3, -0.25) is 14.5 Å². The maximum Gasteiger partial charge on any atom is 0.266 e. The second kappa shape index (κ2) is 12.1. The highest BCUT2D eigenvalue weighted by atomic mass is 35.5. The molecule has 1 heterocycles. The van der Waals surface area contributed by atoms with Crippen molar-refractivity contribution >= 4 is 63.5 Å². The Morgan fingerprint density at radius 2 is 1.91 bits per heavy atom. The Hall–Kier alpha value is -2.75. The monoisotopic (exact) mass is 520 g/mol. The number of thiocarbonyl (C=S) groups is 1. The van der Waals surface area contributed by atoms with Crippen molar-refractivity contribution < 1.29 is 24.2 Å². The predicted molar refractivity (Wildman–Crippen MR) is 140 cm³/mol. The molecule has 180 valence electrons. The Balaban J connectivity index is 1.47. The van der Waals surface area contributed by atoms with Gasteiger partial charge in [-0.05, 0) is 54.8 Å². The van der Waals surface area contributed by atoms with Crippen LogP contribution in [0.15, 0.2) is 41.3 Å². The number of phenolic OH excluding ortho intramolecular Hbond substituents is 1. The minimum atomic E-state index is -0.207. The van der Waals surface area contributed by atoms with E-state index >= 15 is 0 Å². The van der Waals surface area contributed by atoms with E-state index in [1.165, 1.54) is 23.9 Å². The molecule has 1 aliphatic rings. The lowest BCUT2D eigenvalue weighted by Gasteiger charge is -2.14. The van der Waals surface area contributed by atoms with Crippen LogP contribution in [0.4, 0.5) is 5.69 Å². The number of rotatable bonds is 10. The Labute approximate surface area is 213 Å². The van der Waals surface area contributed by atoms with E-state index in [1.807, 2.05) is 6.07 Å². The number of carbonyl (C=O) groups is 2. The van der Waals surface area contributed by atoms with Crippen LogP contribution in [0.25, 0.3) is 6.08 Å². The van der Waals surface area contributed by atoms with E-state index < -0.39 is 0 Å². The average molecular weight is 521 g/mol. The number of unbranched alkanes of at least 4 members (excludes halogenated alkanes) is 2. The number of phenols is 1. The van der Waals surface area contributed by atoms with Gasteiger partial charge in [-0.15, -0.1) is 0 Å². The molecule has 2 N–H and O–H groups in total. The first-order chi connectivity index (χ1) is 16.3. The molecule has 1 fully saturated rings. The molecule has 10 heteroatoms. The van der Waals surface area contributed by atoms with Gasteiger partial charge in [0.25, 0.3) is 5.91 Å². The third-order valence-corrected chi connectivity index (χ3v) is 6.71. The molecular formula is C24H25ClN2O5S2. The first-order valence-corrected chi connectivity index (χ1v) is 12.2. The second-order valence-electron chi connectivity index (χ2n) is 7.47. The minimum Gasteiger partial charge on any atom is -0.506 e. The Kier molecular flexibility index (Phi) is 9.20.